The van der Waals surface area contributed by atoms with Crippen LogP contribution in [0.1, 0.15) is 53.5 Å². The molecule has 0 aliphatic carbocycles. The van der Waals surface area contributed by atoms with Crippen molar-refractivity contribution in [3.8, 4) is 0 Å². The Labute approximate surface area is 107 Å². The summed E-state index contributed by atoms with van der Waals surface area (Å²) in [5.74, 6) is 0. The molecule has 1 rings (SSSR count). The van der Waals surface area contributed by atoms with Crippen molar-refractivity contribution in [3.63, 3.8) is 0 Å². The van der Waals surface area contributed by atoms with Crippen LogP contribution in [0.15, 0.2) is 30.3 Å². The summed E-state index contributed by atoms with van der Waals surface area (Å²) in [5.41, 5.74) is 1.81. The Morgan fingerprint density at radius 3 is 1.65 bits per heavy atom. The minimum Gasteiger partial charge on any atom is -0.379 e. The molecule has 1 nitrogen and oxygen atoms in total. The van der Waals surface area contributed by atoms with Crippen LogP contribution in [0.2, 0.25) is 0 Å². The van der Waals surface area contributed by atoms with Gasteiger partial charge in [-0.25, -0.2) is 0 Å². The molecule has 0 N–H and O–H groups in total. The first kappa shape index (κ1) is 16.2. The highest BCUT2D eigenvalue weighted by molar-refractivity contribution is 5.22. The van der Waals surface area contributed by atoms with Crippen LogP contribution in [-0.4, -0.2) is 12.7 Å². The van der Waals surface area contributed by atoms with Crippen LogP contribution in [0.3, 0.4) is 0 Å². The number of hydrogen-bond donors (Lipinski definition) is 0. The lowest BCUT2D eigenvalue weighted by Gasteiger charge is -2.22. The van der Waals surface area contributed by atoms with Crippen molar-refractivity contribution in [2.45, 2.75) is 59.0 Å². The molecule has 0 atom stereocenters. The molecule has 0 aromatic heterocycles. The van der Waals surface area contributed by atoms with E-state index < -0.39 is 0 Å². The van der Waals surface area contributed by atoms with E-state index >= 15 is 0 Å². The first-order chi connectivity index (χ1) is 7.73. The predicted octanol–water partition coefficient (Wildman–Crippen LogP) is 4.81. The molecular weight excluding hydrogens is 208 g/mol. The molecule has 0 spiro atoms. The Morgan fingerprint density at radius 2 is 1.35 bits per heavy atom. The lowest BCUT2D eigenvalue weighted by Crippen LogP contribution is -2.15. The van der Waals surface area contributed by atoms with E-state index in [4.69, 9.17) is 4.74 Å². The highest BCUT2D eigenvalue weighted by Gasteiger charge is 2.16. The van der Waals surface area contributed by atoms with Gasteiger partial charge in [-0.15, -0.1) is 0 Å². The molecule has 0 saturated carbocycles. The van der Waals surface area contributed by atoms with Crippen molar-refractivity contribution in [1.82, 2.24) is 0 Å². The highest BCUT2D eigenvalue weighted by Crippen LogP contribution is 2.25. The molecule has 0 heterocycles. The summed E-state index contributed by atoms with van der Waals surface area (Å²) < 4.78 is 4.94. The predicted molar refractivity (Wildman–Crippen MR) is 76.5 cm³/mol. The smallest absolute Gasteiger partial charge is 0.0594 e. The third kappa shape index (κ3) is 7.17. The molecule has 1 aromatic carbocycles. The summed E-state index contributed by atoms with van der Waals surface area (Å²) in [6.45, 7) is 12.9. The maximum absolute atomic E-state index is 4.94. The second-order valence-electron chi connectivity index (χ2n) is 5.92. The summed E-state index contributed by atoms with van der Waals surface area (Å²) in [4.78, 5) is 0. The summed E-state index contributed by atoms with van der Waals surface area (Å²) in [7, 11) is 1.71. The van der Waals surface area contributed by atoms with E-state index in [-0.39, 0.29) is 5.60 Å². The molecule has 0 aliphatic heterocycles. The normalized spacial score (nSPS) is 11.7. The van der Waals surface area contributed by atoms with Gasteiger partial charge in [0, 0.05) is 7.11 Å². The molecule has 0 bridgehead atoms. The summed E-state index contributed by atoms with van der Waals surface area (Å²) >= 11 is 0. The SMILES string of the molecule is CCC(C)(C)c1ccccc1.COC(C)(C)C. The van der Waals surface area contributed by atoms with Crippen molar-refractivity contribution < 1.29 is 4.74 Å². The van der Waals surface area contributed by atoms with Crippen LogP contribution in [-0.2, 0) is 10.2 Å². The fraction of sp³-hybridized carbons (Fsp3) is 0.625. The van der Waals surface area contributed by atoms with Crippen LogP contribution in [0, 0.1) is 0 Å². The molecule has 0 saturated heterocycles. The molecule has 1 heteroatoms. The number of benzene rings is 1. The first-order valence-electron chi connectivity index (χ1n) is 6.33. The molecular formula is C16H28O. The molecule has 0 unspecified atom stereocenters. The topological polar surface area (TPSA) is 9.23 Å². The third-order valence-corrected chi connectivity index (χ3v) is 3.05. The van der Waals surface area contributed by atoms with Crippen molar-refractivity contribution in [1.29, 1.82) is 0 Å². The minimum absolute atomic E-state index is 0.0417. The lowest BCUT2D eigenvalue weighted by atomic mass is 9.82. The van der Waals surface area contributed by atoms with Crippen molar-refractivity contribution in [2.75, 3.05) is 7.11 Å². The van der Waals surface area contributed by atoms with Crippen molar-refractivity contribution in [2.24, 2.45) is 0 Å². The van der Waals surface area contributed by atoms with E-state index in [2.05, 4.69) is 51.1 Å². The maximum Gasteiger partial charge on any atom is 0.0594 e. The highest BCUT2D eigenvalue weighted by atomic mass is 16.5. The number of rotatable bonds is 2. The molecule has 0 radical (unpaired) electrons. The van der Waals surface area contributed by atoms with Gasteiger partial charge in [0.05, 0.1) is 5.60 Å². The third-order valence-electron chi connectivity index (χ3n) is 3.05. The Morgan fingerprint density at radius 1 is 0.941 bits per heavy atom. The van der Waals surface area contributed by atoms with Gasteiger partial charge in [-0.3, -0.25) is 0 Å². The van der Waals surface area contributed by atoms with E-state index in [0.717, 1.165) is 0 Å². The van der Waals surface area contributed by atoms with Crippen molar-refractivity contribution >= 4 is 0 Å². The van der Waals surface area contributed by atoms with E-state index in [1.165, 1.54) is 12.0 Å². The Balaban J connectivity index is 0.000000366. The van der Waals surface area contributed by atoms with E-state index in [1.807, 2.05) is 20.8 Å². The summed E-state index contributed by atoms with van der Waals surface area (Å²) in [6, 6.07) is 10.7. The lowest BCUT2D eigenvalue weighted by molar-refractivity contribution is 0.0397. The first-order valence-corrected chi connectivity index (χ1v) is 6.33. The van der Waals surface area contributed by atoms with Gasteiger partial charge >= 0.3 is 0 Å². The van der Waals surface area contributed by atoms with Crippen molar-refractivity contribution in [3.05, 3.63) is 35.9 Å². The Bertz CT molecular complexity index is 293. The van der Waals surface area contributed by atoms with Gasteiger partial charge in [0.1, 0.15) is 0 Å². The minimum atomic E-state index is 0.0417. The van der Waals surface area contributed by atoms with Crippen LogP contribution < -0.4 is 0 Å². The van der Waals surface area contributed by atoms with Crippen LogP contribution in [0.25, 0.3) is 0 Å². The Kier molecular flexibility index (Phi) is 6.48. The number of methoxy groups -OCH3 is 1. The zero-order valence-corrected chi connectivity index (χ0v) is 12.5. The molecule has 0 fully saturated rings. The Hall–Kier alpha value is -0.820. The van der Waals surface area contributed by atoms with Crippen LogP contribution in [0.4, 0.5) is 0 Å². The standard InChI is InChI=1S/C11H16.C5H12O/c1-4-11(2,3)10-8-6-5-7-9-10;1-5(2,3)6-4/h5-9H,4H2,1-3H3;1-4H3. The van der Waals surface area contributed by atoms with E-state index in [0.29, 0.717) is 5.41 Å². The van der Waals surface area contributed by atoms with Gasteiger partial charge in [0.25, 0.3) is 0 Å². The molecule has 0 amide bonds. The fourth-order valence-electron chi connectivity index (χ4n) is 1.09. The van der Waals surface area contributed by atoms with Gasteiger partial charge in [0.2, 0.25) is 0 Å². The fourth-order valence-corrected chi connectivity index (χ4v) is 1.09. The largest absolute Gasteiger partial charge is 0.379 e. The second-order valence-corrected chi connectivity index (χ2v) is 5.92. The van der Waals surface area contributed by atoms with Crippen LogP contribution in [0.5, 0.6) is 0 Å². The zero-order valence-electron chi connectivity index (χ0n) is 12.5. The summed E-state index contributed by atoms with van der Waals surface area (Å²) in [5, 5.41) is 0. The maximum atomic E-state index is 4.94. The average Bonchev–Trinajstić information content (AvgIpc) is 2.30. The van der Waals surface area contributed by atoms with E-state index in [9.17, 15) is 0 Å². The van der Waals surface area contributed by atoms with Gasteiger partial charge in [-0.1, -0.05) is 51.1 Å². The van der Waals surface area contributed by atoms with Gasteiger partial charge in [0.15, 0.2) is 0 Å². The molecule has 1 aromatic rings. The monoisotopic (exact) mass is 236 g/mol. The summed E-state index contributed by atoms with van der Waals surface area (Å²) in [6.07, 6.45) is 1.19. The molecule has 0 aliphatic rings. The molecule has 98 valence electrons. The van der Waals surface area contributed by atoms with E-state index in [1.54, 1.807) is 7.11 Å². The molecule has 17 heavy (non-hydrogen) atoms. The van der Waals surface area contributed by atoms with Gasteiger partial charge in [-0.05, 0) is 38.2 Å². The number of hydrogen-bond acceptors (Lipinski definition) is 1. The van der Waals surface area contributed by atoms with Gasteiger partial charge in [-0.2, -0.15) is 0 Å². The average molecular weight is 236 g/mol. The van der Waals surface area contributed by atoms with Gasteiger partial charge < -0.3 is 4.74 Å². The quantitative estimate of drug-likeness (QED) is 0.716. The zero-order chi connectivity index (χ0) is 13.5. The second kappa shape index (κ2) is 6.80. The van der Waals surface area contributed by atoms with Crippen LogP contribution >= 0.6 is 0 Å². The number of ether oxygens (including phenoxy) is 1.